The summed E-state index contributed by atoms with van der Waals surface area (Å²) < 4.78 is 30.9. The number of benzene rings is 1. The van der Waals surface area contributed by atoms with E-state index in [-0.39, 0.29) is 30.7 Å². The Morgan fingerprint density at radius 1 is 1.45 bits per heavy atom. The minimum atomic E-state index is -1.01. The molecule has 2 atom stereocenters. The first kappa shape index (κ1) is 16.6. The highest BCUT2D eigenvalue weighted by Crippen LogP contribution is 2.15. The highest BCUT2D eigenvalue weighted by molar-refractivity contribution is 5.78. The van der Waals surface area contributed by atoms with Crippen molar-refractivity contribution in [2.75, 3.05) is 26.2 Å². The lowest BCUT2D eigenvalue weighted by atomic mass is 9.99. The Kier molecular flexibility index (Phi) is 6.09. The molecule has 1 fully saturated rings. The molecule has 0 aliphatic carbocycles. The number of piperidine rings is 1. The van der Waals surface area contributed by atoms with Gasteiger partial charge in [0.05, 0.1) is 5.92 Å². The van der Waals surface area contributed by atoms with Gasteiger partial charge in [-0.05, 0) is 31.5 Å². The van der Waals surface area contributed by atoms with Crippen LogP contribution in [0, 0.1) is 17.6 Å². The van der Waals surface area contributed by atoms with Crippen molar-refractivity contribution in [3.05, 3.63) is 29.8 Å². The van der Waals surface area contributed by atoms with Crippen LogP contribution in [0.1, 0.15) is 12.8 Å². The second-order valence-electron chi connectivity index (χ2n) is 5.33. The standard InChI is InChI=1S/C15H20F2N2O3/c16-13-4-3-12(6-14(13)17)22-9-11(20)8-19-15(21)10-2-1-5-18-7-10/h3-4,6,10-11,18,20H,1-2,5,7-9H2,(H,19,21). The molecular formula is C15H20F2N2O3. The van der Waals surface area contributed by atoms with Crippen LogP contribution < -0.4 is 15.4 Å². The maximum Gasteiger partial charge on any atom is 0.224 e. The third-order valence-corrected chi connectivity index (χ3v) is 3.51. The van der Waals surface area contributed by atoms with Crippen molar-refractivity contribution >= 4 is 5.91 Å². The van der Waals surface area contributed by atoms with E-state index < -0.39 is 17.7 Å². The molecule has 1 heterocycles. The van der Waals surface area contributed by atoms with Crippen LogP contribution in [0.15, 0.2) is 18.2 Å². The van der Waals surface area contributed by atoms with Crippen LogP contribution in [0.2, 0.25) is 0 Å². The summed E-state index contributed by atoms with van der Waals surface area (Å²) in [5.74, 6) is -2.01. The second-order valence-corrected chi connectivity index (χ2v) is 5.33. The molecule has 5 nitrogen and oxygen atoms in total. The van der Waals surface area contributed by atoms with Crippen LogP contribution in [0.3, 0.4) is 0 Å². The van der Waals surface area contributed by atoms with Gasteiger partial charge in [0.1, 0.15) is 18.5 Å². The Hall–Kier alpha value is -1.73. The van der Waals surface area contributed by atoms with Crippen LogP contribution >= 0.6 is 0 Å². The van der Waals surface area contributed by atoms with Crippen molar-refractivity contribution in [3.8, 4) is 5.75 Å². The van der Waals surface area contributed by atoms with E-state index in [1.165, 1.54) is 6.07 Å². The van der Waals surface area contributed by atoms with Crippen LogP contribution in [0.25, 0.3) is 0 Å². The SMILES string of the molecule is O=C(NCC(O)COc1ccc(F)c(F)c1)C1CCCNC1. The van der Waals surface area contributed by atoms with E-state index in [0.717, 1.165) is 31.5 Å². The molecule has 0 spiro atoms. The first-order valence-electron chi connectivity index (χ1n) is 7.30. The zero-order valence-corrected chi connectivity index (χ0v) is 12.1. The predicted molar refractivity (Wildman–Crippen MR) is 76.5 cm³/mol. The molecule has 0 radical (unpaired) electrons. The highest BCUT2D eigenvalue weighted by atomic mass is 19.2. The zero-order chi connectivity index (χ0) is 15.9. The normalized spacial score (nSPS) is 19.5. The van der Waals surface area contributed by atoms with E-state index >= 15 is 0 Å². The fourth-order valence-corrected chi connectivity index (χ4v) is 2.26. The maximum absolute atomic E-state index is 13.0. The highest BCUT2D eigenvalue weighted by Gasteiger charge is 2.21. The van der Waals surface area contributed by atoms with Crippen LogP contribution in [-0.4, -0.2) is 43.4 Å². The number of nitrogens with one attached hydrogen (secondary N) is 2. The van der Waals surface area contributed by atoms with Crippen LogP contribution in [-0.2, 0) is 4.79 Å². The van der Waals surface area contributed by atoms with E-state index in [2.05, 4.69) is 10.6 Å². The second kappa shape index (κ2) is 8.05. The number of carbonyl (C=O) groups is 1. The van der Waals surface area contributed by atoms with Gasteiger partial charge in [0.2, 0.25) is 5.91 Å². The van der Waals surface area contributed by atoms with Crippen molar-refractivity contribution in [1.29, 1.82) is 0 Å². The molecule has 22 heavy (non-hydrogen) atoms. The lowest BCUT2D eigenvalue weighted by Gasteiger charge is -2.22. The van der Waals surface area contributed by atoms with Crippen molar-refractivity contribution in [2.45, 2.75) is 18.9 Å². The average Bonchev–Trinajstić information content (AvgIpc) is 2.54. The monoisotopic (exact) mass is 314 g/mol. The molecule has 1 aromatic carbocycles. The third-order valence-electron chi connectivity index (χ3n) is 3.51. The van der Waals surface area contributed by atoms with E-state index in [0.29, 0.717) is 6.54 Å². The van der Waals surface area contributed by atoms with E-state index in [4.69, 9.17) is 4.74 Å². The summed E-state index contributed by atoms with van der Waals surface area (Å²) in [5, 5.41) is 15.6. The molecule has 7 heteroatoms. The van der Waals surface area contributed by atoms with Gasteiger partial charge < -0.3 is 20.5 Å². The van der Waals surface area contributed by atoms with Gasteiger partial charge in [-0.15, -0.1) is 0 Å². The Balaban J connectivity index is 1.69. The number of aliphatic hydroxyl groups excluding tert-OH is 1. The third kappa shape index (κ3) is 4.92. The van der Waals surface area contributed by atoms with Crippen molar-refractivity contribution in [2.24, 2.45) is 5.92 Å². The number of carbonyl (C=O) groups excluding carboxylic acids is 1. The number of halogens is 2. The van der Waals surface area contributed by atoms with Crippen LogP contribution in [0.5, 0.6) is 5.75 Å². The number of hydrogen-bond donors (Lipinski definition) is 3. The molecule has 2 rings (SSSR count). The molecule has 1 aliphatic heterocycles. The predicted octanol–water partition coefficient (Wildman–Crippen LogP) is 0.820. The maximum atomic E-state index is 13.0. The lowest BCUT2D eigenvalue weighted by molar-refractivity contribution is -0.126. The minimum Gasteiger partial charge on any atom is -0.491 e. The molecule has 0 bridgehead atoms. The Bertz CT molecular complexity index is 508. The summed E-state index contributed by atoms with van der Waals surface area (Å²) in [6, 6.07) is 3.14. The van der Waals surface area contributed by atoms with E-state index in [1.54, 1.807) is 0 Å². The van der Waals surface area contributed by atoms with Gasteiger partial charge in [-0.3, -0.25) is 4.79 Å². The molecule has 1 saturated heterocycles. The fourth-order valence-electron chi connectivity index (χ4n) is 2.26. The topological polar surface area (TPSA) is 70.6 Å². The summed E-state index contributed by atoms with van der Waals surface area (Å²) in [7, 11) is 0. The Morgan fingerprint density at radius 2 is 2.27 bits per heavy atom. The summed E-state index contributed by atoms with van der Waals surface area (Å²) >= 11 is 0. The smallest absolute Gasteiger partial charge is 0.224 e. The summed E-state index contributed by atoms with van der Waals surface area (Å²) in [6.45, 7) is 1.51. The Labute approximate surface area is 127 Å². The zero-order valence-electron chi connectivity index (χ0n) is 12.1. The van der Waals surface area contributed by atoms with Gasteiger partial charge in [0.15, 0.2) is 11.6 Å². The van der Waals surface area contributed by atoms with Gasteiger partial charge in [0.25, 0.3) is 0 Å². The summed E-state index contributed by atoms with van der Waals surface area (Å²) in [5.41, 5.74) is 0. The average molecular weight is 314 g/mol. The molecule has 1 aliphatic rings. The number of rotatable bonds is 6. The number of aliphatic hydroxyl groups is 1. The molecule has 2 unspecified atom stereocenters. The van der Waals surface area contributed by atoms with Gasteiger partial charge in [-0.2, -0.15) is 0 Å². The number of ether oxygens (including phenoxy) is 1. The van der Waals surface area contributed by atoms with Crippen molar-refractivity contribution in [3.63, 3.8) is 0 Å². The quantitative estimate of drug-likeness (QED) is 0.727. The van der Waals surface area contributed by atoms with Gasteiger partial charge in [-0.25, -0.2) is 8.78 Å². The first-order valence-corrected chi connectivity index (χ1v) is 7.30. The molecule has 3 N–H and O–H groups in total. The summed E-state index contributed by atoms with van der Waals surface area (Å²) in [6.07, 6.45) is 0.869. The van der Waals surface area contributed by atoms with Crippen LogP contribution in [0.4, 0.5) is 8.78 Å². The molecule has 0 aromatic heterocycles. The van der Waals surface area contributed by atoms with Gasteiger partial charge >= 0.3 is 0 Å². The Morgan fingerprint density at radius 3 is 2.95 bits per heavy atom. The summed E-state index contributed by atoms with van der Waals surface area (Å²) in [4.78, 5) is 11.9. The molecule has 0 saturated carbocycles. The molecule has 1 aromatic rings. The minimum absolute atomic E-state index is 0.0546. The molecular weight excluding hydrogens is 294 g/mol. The molecule has 122 valence electrons. The largest absolute Gasteiger partial charge is 0.491 e. The van der Waals surface area contributed by atoms with Crippen molar-refractivity contribution < 1.29 is 23.4 Å². The first-order chi connectivity index (χ1) is 10.6. The number of amides is 1. The fraction of sp³-hybridized carbons (Fsp3) is 0.533. The van der Waals surface area contributed by atoms with Gasteiger partial charge in [0, 0.05) is 19.2 Å². The van der Waals surface area contributed by atoms with Gasteiger partial charge in [-0.1, -0.05) is 0 Å². The van der Waals surface area contributed by atoms with E-state index in [1.807, 2.05) is 0 Å². The molecule has 1 amide bonds. The van der Waals surface area contributed by atoms with Crippen molar-refractivity contribution in [1.82, 2.24) is 10.6 Å². The lowest BCUT2D eigenvalue weighted by Crippen LogP contribution is -2.43. The van der Waals surface area contributed by atoms with E-state index in [9.17, 15) is 18.7 Å². The number of hydrogen-bond acceptors (Lipinski definition) is 4.